The molecule has 0 spiro atoms. The molecule has 4 atom stereocenters. The molecule has 0 saturated heterocycles. The molecule has 0 aromatic carbocycles. The van der Waals surface area contributed by atoms with Gasteiger partial charge in [-0.25, -0.2) is 4.57 Å². The molecule has 14 heavy (non-hydrogen) atoms. The SMILES string of the molecule is COP(=O)(O)OC1[C@@H](CO)CC[C@H]1O. The summed E-state index contributed by atoms with van der Waals surface area (Å²) in [6.07, 6.45) is -0.607. The highest BCUT2D eigenvalue weighted by Crippen LogP contribution is 2.47. The summed E-state index contributed by atoms with van der Waals surface area (Å²) in [5.74, 6) is -0.305. The molecule has 1 aliphatic carbocycles. The van der Waals surface area contributed by atoms with Crippen LogP contribution < -0.4 is 0 Å². The molecular formula is C7H15O6P. The van der Waals surface area contributed by atoms with Crippen LogP contribution in [0.25, 0.3) is 0 Å². The zero-order valence-electron chi connectivity index (χ0n) is 7.87. The van der Waals surface area contributed by atoms with E-state index < -0.39 is 20.0 Å². The number of hydrogen-bond acceptors (Lipinski definition) is 5. The number of hydrogen-bond donors (Lipinski definition) is 3. The molecule has 0 aromatic rings. The van der Waals surface area contributed by atoms with Crippen LogP contribution in [-0.2, 0) is 13.6 Å². The Labute approximate surface area is 82.1 Å². The van der Waals surface area contributed by atoms with Crippen LogP contribution in [0.1, 0.15) is 12.8 Å². The van der Waals surface area contributed by atoms with Crippen molar-refractivity contribution in [3.63, 3.8) is 0 Å². The van der Waals surface area contributed by atoms with Crippen molar-refractivity contribution in [2.45, 2.75) is 25.0 Å². The van der Waals surface area contributed by atoms with Gasteiger partial charge in [-0.2, -0.15) is 0 Å². The fourth-order valence-electron chi connectivity index (χ4n) is 1.58. The number of aliphatic hydroxyl groups is 2. The zero-order valence-corrected chi connectivity index (χ0v) is 8.76. The molecule has 1 rings (SSSR count). The average molecular weight is 226 g/mol. The van der Waals surface area contributed by atoms with Crippen LogP contribution in [-0.4, -0.2) is 41.0 Å². The number of phosphoric ester groups is 1. The second-order valence-corrected chi connectivity index (χ2v) is 4.82. The molecule has 1 saturated carbocycles. The molecule has 3 N–H and O–H groups in total. The molecular weight excluding hydrogens is 211 g/mol. The van der Waals surface area contributed by atoms with Gasteiger partial charge >= 0.3 is 7.82 Å². The summed E-state index contributed by atoms with van der Waals surface area (Å²) in [5, 5.41) is 18.3. The highest BCUT2D eigenvalue weighted by atomic mass is 31.2. The molecule has 0 aromatic heterocycles. The van der Waals surface area contributed by atoms with Crippen LogP contribution in [0.3, 0.4) is 0 Å². The summed E-state index contributed by atoms with van der Waals surface area (Å²) in [4.78, 5) is 9.03. The minimum atomic E-state index is -4.08. The quantitative estimate of drug-likeness (QED) is 0.578. The Balaban J connectivity index is 2.61. The minimum Gasteiger partial charge on any atom is -0.396 e. The maximum Gasteiger partial charge on any atom is 0.472 e. The van der Waals surface area contributed by atoms with Crippen LogP contribution in [0.5, 0.6) is 0 Å². The summed E-state index contributed by atoms with van der Waals surface area (Å²) in [6.45, 7) is -0.175. The van der Waals surface area contributed by atoms with Crippen LogP contribution >= 0.6 is 7.82 Å². The van der Waals surface area contributed by atoms with Gasteiger partial charge in [0.15, 0.2) is 0 Å². The predicted molar refractivity (Wildman–Crippen MR) is 47.5 cm³/mol. The van der Waals surface area contributed by atoms with Gasteiger partial charge in [-0.05, 0) is 12.8 Å². The second kappa shape index (κ2) is 4.70. The maximum absolute atomic E-state index is 11.1. The Hall–Kier alpha value is 0.0300. The molecule has 0 aliphatic heterocycles. The summed E-state index contributed by atoms with van der Waals surface area (Å²) < 4.78 is 20.0. The molecule has 0 amide bonds. The molecule has 6 nitrogen and oxygen atoms in total. The van der Waals surface area contributed by atoms with Crippen LogP contribution in [0.4, 0.5) is 0 Å². The van der Waals surface area contributed by atoms with E-state index in [0.717, 1.165) is 7.11 Å². The normalized spacial score (nSPS) is 37.0. The lowest BCUT2D eigenvalue weighted by Gasteiger charge is -2.22. The molecule has 7 heteroatoms. The number of aliphatic hydroxyl groups excluding tert-OH is 2. The first kappa shape index (κ1) is 12.1. The van der Waals surface area contributed by atoms with Gasteiger partial charge in [0.25, 0.3) is 0 Å². The molecule has 0 radical (unpaired) electrons. The fraction of sp³-hybridized carbons (Fsp3) is 1.00. The van der Waals surface area contributed by atoms with Crippen molar-refractivity contribution >= 4 is 7.82 Å². The topological polar surface area (TPSA) is 96.2 Å². The van der Waals surface area contributed by atoms with Crippen molar-refractivity contribution in [1.29, 1.82) is 0 Å². The van der Waals surface area contributed by atoms with Crippen molar-refractivity contribution < 1.29 is 28.7 Å². The first-order chi connectivity index (χ1) is 6.50. The third kappa shape index (κ3) is 2.76. The third-order valence-corrected chi connectivity index (χ3v) is 3.37. The van der Waals surface area contributed by atoms with E-state index in [-0.39, 0.29) is 12.5 Å². The number of phosphoric acid groups is 1. The first-order valence-corrected chi connectivity index (χ1v) is 5.85. The van der Waals surface area contributed by atoms with Crippen molar-refractivity contribution in [3.8, 4) is 0 Å². The summed E-state index contributed by atoms with van der Waals surface area (Å²) in [6, 6.07) is 0. The van der Waals surface area contributed by atoms with Crippen LogP contribution in [0, 0.1) is 5.92 Å². The van der Waals surface area contributed by atoms with Gasteiger partial charge in [0.2, 0.25) is 0 Å². The van der Waals surface area contributed by atoms with Gasteiger partial charge < -0.3 is 15.1 Å². The van der Waals surface area contributed by atoms with E-state index in [4.69, 9.17) is 14.5 Å². The predicted octanol–water partition coefficient (Wildman–Crippen LogP) is -0.118. The highest BCUT2D eigenvalue weighted by Gasteiger charge is 2.40. The van der Waals surface area contributed by atoms with Gasteiger partial charge in [-0.3, -0.25) is 9.05 Å². The monoisotopic (exact) mass is 226 g/mol. The smallest absolute Gasteiger partial charge is 0.396 e. The summed E-state index contributed by atoms with van der Waals surface area (Å²) in [5.41, 5.74) is 0. The van der Waals surface area contributed by atoms with Gasteiger partial charge in [0.05, 0.1) is 6.10 Å². The van der Waals surface area contributed by atoms with Crippen molar-refractivity contribution in [2.24, 2.45) is 5.92 Å². The summed E-state index contributed by atoms with van der Waals surface area (Å²) >= 11 is 0. The Morgan fingerprint density at radius 1 is 1.50 bits per heavy atom. The minimum absolute atomic E-state index is 0.175. The standard InChI is InChI=1S/C7H15O6P/c1-12-14(10,11)13-7-5(4-8)2-3-6(7)9/h5-9H,2-4H2,1H3,(H,10,11)/t5-,6-,7?/m1/s1. The summed E-state index contributed by atoms with van der Waals surface area (Å²) in [7, 11) is -3.03. The van der Waals surface area contributed by atoms with E-state index in [1.54, 1.807) is 0 Å². The molecule has 84 valence electrons. The van der Waals surface area contributed by atoms with Gasteiger partial charge in [-0.15, -0.1) is 0 Å². The molecule has 1 aliphatic rings. The third-order valence-electron chi connectivity index (χ3n) is 2.40. The van der Waals surface area contributed by atoms with Crippen molar-refractivity contribution in [2.75, 3.05) is 13.7 Å². The van der Waals surface area contributed by atoms with E-state index in [0.29, 0.717) is 12.8 Å². The van der Waals surface area contributed by atoms with Crippen molar-refractivity contribution in [3.05, 3.63) is 0 Å². The largest absolute Gasteiger partial charge is 0.472 e. The van der Waals surface area contributed by atoms with Gasteiger partial charge in [0, 0.05) is 19.6 Å². The number of rotatable bonds is 4. The van der Waals surface area contributed by atoms with E-state index in [9.17, 15) is 9.67 Å². The first-order valence-electron chi connectivity index (χ1n) is 4.36. The van der Waals surface area contributed by atoms with Gasteiger partial charge in [0.1, 0.15) is 6.10 Å². The Morgan fingerprint density at radius 2 is 2.14 bits per heavy atom. The van der Waals surface area contributed by atoms with E-state index in [1.807, 2.05) is 0 Å². The molecule has 0 heterocycles. The Bertz CT molecular complexity index is 232. The average Bonchev–Trinajstić information content (AvgIpc) is 2.48. The molecule has 1 fully saturated rings. The maximum atomic E-state index is 11.1. The second-order valence-electron chi connectivity index (χ2n) is 3.31. The van der Waals surface area contributed by atoms with Crippen LogP contribution in [0.2, 0.25) is 0 Å². The van der Waals surface area contributed by atoms with Crippen molar-refractivity contribution in [1.82, 2.24) is 0 Å². The lowest BCUT2D eigenvalue weighted by molar-refractivity contribution is 0.00204. The van der Waals surface area contributed by atoms with E-state index in [2.05, 4.69) is 4.52 Å². The van der Waals surface area contributed by atoms with E-state index >= 15 is 0 Å². The lowest BCUT2D eigenvalue weighted by atomic mass is 10.1. The Morgan fingerprint density at radius 3 is 2.64 bits per heavy atom. The lowest BCUT2D eigenvalue weighted by Crippen LogP contribution is -2.29. The van der Waals surface area contributed by atoms with Crippen LogP contribution in [0.15, 0.2) is 0 Å². The zero-order chi connectivity index (χ0) is 10.8. The Kier molecular flexibility index (Phi) is 4.06. The fourth-order valence-corrected chi connectivity index (χ4v) is 2.28. The molecule has 0 bridgehead atoms. The molecule has 2 unspecified atom stereocenters. The van der Waals surface area contributed by atoms with Gasteiger partial charge in [-0.1, -0.05) is 0 Å². The highest BCUT2D eigenvalue weighted by molar-refractivity contribution is 7.47. The van der Waals surface area contributed by atoms with E-state index in [1.165, 1.54) is 0 Å².